The van der Waals surface area contributed by atoms with Crippen molar-refractivity contribution in [1.29, 1.82) is 0 Å². The topological polar surface area (TPSA) is 105 Å². The predicted molar refractivity (Wildman–Crippen MR) is 142 cm³/mol. The molecule has 0 saturated heterocycles. The van der Waals surface area contributed by atoms with Gasteiger partial charge in [-0.3, -0.25) is 14.4 Å². The van der Waals surface area contributed by atoms with Crippen LogP contribution >= 0.6 is 11.6 Å². The molecule has 0 spiro atoms. The molecule has 4 rings (SSSR count). The average molecular weight is 518 g/mol. The van der Waals surface area contributed by atoms with Crippen LogP contribution in [0, 0.1) is 0 Å². The van der Waals surface area contributed by atoms with Gasteiger partial charge in [0.2, 0.25) is 0 Å². The van der Waals surface area contributed by atoms with Crippen LogP contribution in [0.15, 0.2) is 83.5 Å². The van der Waals surface area contributed by atoms with E-state index in [1.165, 1.54) is 18.2 Å². The van der Waals surface area contributed by atoms with Gasteiger partial charge >= 0.3 is 5.97 Å². The summed E-state index contributed by atoms with van der Waals surface area (Å²) in [5.74, 6) is -2.23. The van der Waals surface area contributed by atoms with Gasteiger partial charge in [-0.15, -0.1) is 0 Å². The molecular formula is C28H24ClN3O5. The molecule has 3 aromatic carbocycles. The van der Waals surface area contributed by atoms with Crippen LogP contribution in [-0.4, -0.2) is 30.3 Å². The number of amides is 3. The van der Waals surface area contributed by atoms with Gasteiger partial charge in [0, 0.05) is 16.9 Å². The third kappa shape index (κ3) is 5.39. The lowest BCUT2D eigenvalue weighted by atomic mass is 10.1. The Morgan fingerprint density at radius 3 is 2.32 bits per heavy atom. The van der Waals surface area contributed by atoms with E-state index in [0.717, 1.165) is 22.6 Å². The second-order valence-electron chi connectivity index (χ2n) is 8.07. The van der Waals surface area contributed by atoms with E-state index in [-0.39, 0.29) is 34.5 Å². The molecule has 1 aliphatic rings. The van der Waals surface area contributed by atoms with Crippen molar-refractivity contribution >= 4 is 52.4 Å². The summed E-state index contributed by atoms with van der Waals surface area (Å²) in [5, 5.41) is 5.49. The summed E-state index contributed by atoms with van der Waals surface area (Å²) < 4.78 is 4.99. The summed E-state index contributed by atoms with van der Waals surface area (Å²) >= 11 is 6.22. The third-order valence-corrected chi connectivity index (χ3v) is 6.06. The minimum atomic E-state index is -0.722. The standard InChI is InChI=1S/C28H24ClN3O5/c1-3-17-8-5-6-11-22(17)31-25(33)18-12-14-20(15-13-18)30-24-23(29)26(34)32(27(24)35)21-10-7-9-19(16-21)28(36)37-4-2/h5-16,30H,3-4H2,1-2H3,(H,31,33). The van der Waals surface area contributed by atoms with Crippen LogP contribution in [0.3, 0.4) is 0 Å². The summed E-state index contributed by atoms with van der Waals surface area (Å²) in [6.07, 6.45) is 0.784. The van der Waals surface area contributed by atoms with Crippen molar-refractivity contribution in [1.82, 2.24) is 0 Å². The molecule has 0 aromatic heterocycles. The van der Waals surface area contributed by atoms with Gasteiger partial charge in [-0.05, 0) is 67.4 Å². The van der Waals surface area contributed by atoms with Gasteiger partial charge in [-0.2, -0.15) is 0 Å². The molecule has 3 amide bonds. The largest absolute Gasteiger partial charge is 0.462 e. The number of ether oxygens (including phenoxy) is 1. The van der Waals surface area contributed by atoms with E-state index >= 15 is 0 Å². The van der Waals surface area contributed by atoms with Crippen LogP contribution in [0.1, 0.15) is 40.1 Å². The van der Waals surface area contributed by atoms with E-state index in [2.05, 4.69) is 10.6 Å². The normalized spacial score (nSPS) is 13.1. The zero-order chi connectivity index (χ0) is 26.5. The van der Waals surface area contributed by atoms with Gasteiger partial charge < -0.3 is 15.4 Å². The first-order valence-electron chi connectivity index (χ1n) is 11.7. The van der Waals surface area contributed by atoms with Crippen molar-refractivity contribution in [2.24, 2.45) is 0 Å². The summed E-state index contributed by atoms with van der Waals surface area (Å²) in [5.41, 5.74) is 2.93. The number of nitrogens with zero attached hydrogens (tertiary/aromatic N) is 1. The highest BCUT2D eigenvalue weighted by Crippen LogP contribution is 2.31. The molecule has 3 aromatic rings. The molecule has 8 nitrogen and oxygen atoms in total. The third-order valence-electron chi connectivity index (χ3n) is 5.71. The first-order valence-corrected chi connectivity index (χ1v) is 12.0. The van der Waals surface area contributed by atoms with E-state index < -0.39 is 17.8 Å². The molecule has 0 fully saturated rings. The van der Waals surface area contributed by atoms with Gasteiger partial charge in [0.05, 0.1) is 17.9 Å². The molecule has 9 heteroatoms. The second-order valence-corrected chi connectivity index (χ2v) is 8.45. The van der Waals surface area contributed by atoms with Crippen molar-refractivity contribution in [2.45, 2.75) is 20.3 Å². The van der Waals surface area contributed by atoms with Crippen LogP contribution in [0.4, 0.5) is 17.1 Å². The number of halogens is 1. The Kier molecular flexibility index (Phi) is 7.69. The SMILES string of the molecule is CCOC(=O)c1cccc(N2C(=O)C(Cl)=C(Nc3ccc(C(=O)Nc4ccccc4CC)cc3)C2=O)c1. The molecule has 37 heavy (non-hydrogen) atoms. The van der Waals surface area contributed by atoms with Gasteiger partial charge in [0.1, 0.15) is 10.7 Å². The number of anilines is 3. The van der Waals surface area contributed by atoms with Crippen molar-refractivity contribution < 1.29 is 23.9 Å². The minimum Gasteiger partial charge on any atom is -0.462 e. The molecule has 0 bridgehead atoms. The number of hydrogen-bond donors (Lipinski definition) is 2. The van der Waals surface area contributed by atoms with E-state index in [9.17, 15) is 19.2 Å². The first-order chi connectivity index (χ1) is 17.8. The van der Waals surface area contributed by atoms with Crippen LogP contribution in [0.25, 0.3) is 0 Å². The number of aryl methyl sites for hydroxylation is 1. The molecule has 0 saturated carbocycles. The van der Waals surface area contributed by atoms with Crippen LogP contribution in [-0.2, 0) is 20.7 Å². The van der Waals surface area contributed by atoms with Crippen molar-refractivity contribution in [2.75, 3.05) is 22.1 Å². The number of carbonyl (C=O) groups is 4. The van der Waals surface area contributed by atoms with Crippen molar-refractivity contribution in [3.8, 4) is 0 Å². The molecule has 1 heterocycles. The molecule has 0 unspecified atom stereocenters. The van der Waals surface area contributed by atoms with Gasteiger partial charge in [0.15, 0.2) is 0 Å². The zero-order valence-corrected chi connectivity index (χ0v) is 21.0. The number of para-hydroxylation sites is 1. The highest BCUT2D eigenvalue weighted by atomic mass is 35.5. The average Bonchev–Trinajstić information content (AvgIpc) is 3.12. The molecule has 1 aliphatic heterocycles. The van der Waals surface area contributed by atoms with Crippen molar-refractivity contribution in [3.05, 3.63) is 100 Å². The number of nitrogens with one attached hydrogen (secondary N) is 2. The number of esters is 1. The maximum atomic E-state index is 13.1. The molecule has 0 atom stereocenters. The Labute approximate surface area is 218 Å². The number of rotatable bonds is 8. The zero-order valence-electron chi connectivity index (χ0n) is 20.2. The number of carbonyl (C=O) groups excluding carboxylic acids is 4. The van der Waals surface area contributed by atoms with E-state index in [1.807, 2.05) is 31.2 Å². The second kappa shape index (κ2) is 11.1. The Bertz CT molecular complexity index is 1420. The summed E-state index contributed by atoms with van der Waals surface area (Å²) in [6, 6.07) is 20.0. The van der Waals surface area contributed by atoms with Gasteiger partial charge in [-0.25, -0.2) is 9.69 Å². The Hall–Kier alpha value is -4.43. The van der Waals surface area contributed by atoms with E-state index in [1.54, 1.807) is 37.3 Å². The van der Waals surface area contributed by atoms with E-state index in [4.69, 9.17) is 16.3 Å². The maximum Gasteiger partial charge on any atom is 0.338 e. The summed E-state index contributed by atoms with van der Waals surface area (Å²) in [4.78, 5) is 51.6. The summed E-state index contributed by atoms with van der Waals surface area (Å²) in [6.45, 7) is 3.89. The lowest BCUT2D eigenvalue weighted by Gasteiger charge is -2.16. The number of benzene rings is 3. The van der Waals surface area contributed by atoms with Crippen LogP contribution < -0.4 is 15.5 Å². The predicted octanol–water partition coefficient (Wildman–Crippen LogP) is 5.11. The fourth-order valence-electron chi connectivity index (χ4n) is 3.83. The molecule has 188 valence electrons. The lowest BCUT2D eigenvalue weighted by Crippen LogP contribution is -2.32. The number of hydrogen-bond acceptors (Lipinski definition) is 6. The quantitative estimate of drug-likeness (QED) is 0.317. The van der Waals surface area contributed by atoms with Gasteiger partial charge in [-0.1, -0.05) is 42.8 Å². The molecular weight excluding hydrogens is 494 g/mol. The fraction of sp³-hybridized carbons (Fsp3) is 0.143. The number of imide groups is 1. The Morgan fingerprint density at radius 2 is 1.62 bits per heavy atom. The van der Waals surface area contributed by atoms with Crippen molar-refractivity contribution in [3.63, 3.8) is 0 Å². The molecule has 2 N–H and O–H groups in total. The Morgan fingerprint density at radius 1 is 0.892 bits per heavy atom. The van der Waals surface area contributed by atoms with Crippen LogP contribution in [0.2, 0.25) is 0 Å². The molecule has 0 aliphatic carbocycles. The highest BCUT2D eigenvalue weighted by Gasteiger charge is 2.39. The highest BCUT2D eigenvalue weighted by molar-refractivity contribution is 6.53. The minimum absolute atomic E-state index is 0.109. The monoisotopic (exact) mass is 517 g/mol. The fourth-order valence-corrected chi connectivity index (χ4v) is 4.04. The molecule has 0 radical (unpaired) electrons. The lowest BCUT2D eigenvalue weighted by molar-refractivity contribution is -0.120. The van der Waals surface area contributed by atoms with Gasteiger partial charge in [0.25, 0.3) is 17.7 Å². The smallest absolute Gasteiger partial charge is 0.338 e. The summed E-state index contributed by atoms with van der Waals surface area (Å²) in [7, 11) is 0. The van der Waals surface area contributed by atoms with E-state index in [0.29, 0.717) is 11.3 Å². The Balaban J connectivity index is 1.48. The maximum absolute atomic E-state index is 13.1. The first kappa shape index (κ1) is 25.7. The van der Waals surface area contributed by atoms with Crippen LogP contribution in [0.5, 0.6) is 0 Å².